The Labute approximate surface area is 128 Å². The summed E-state index contributed by atoms with van der Waals surface area (Å²) >= 11 is 3.76. The molecule has 3 aliphatic heterocycles. The van der Waals surface area contributed by atoms with E-state index in [9.17, 15) is 0 Å². The van der Waals surface area contributed by atoms with Crippen LogP contribution in [0.2, 0.25) is 0 Å². The molecule has 1 N–H and O–H groups in total. The van der Waals surface area contributed by atoms with Gasteiger partial charge in [-0.3, -0.25) is 0 Å². The summed E-state index contributed by atoms with van der Waals surface area (Å²) in [6.45, 7) is 2.85. The highest BCUT2D eigenvalue weighted by atomic mass is 79.9. The van der Waals surface area contributed by atoms with Gasteiger partial charge >= 0.3 is 0 Å². The van der Waals surface area contributed by atoms with Gasteiger partial charge in [-0.2, -0.15) is 0 Å². The van der Waals surface area contributed by atoms with E-state index in [2.05, 4.69) is 21.2 Å². The van der Waals surface area contributed by atoms with E-state index < -0.39 is 0 Å². The van der Waals surface area contributed by atoms with Crippen molar-refractivity contribution < 1.29 is 9.47 Å². The maximum atomic E-state index is 6.06. The summed E-state index contributed by atoms with van der Waals surface area (Å²) in [6, 6.07) is 0.622. The summed E-state index contributed by atoms with van der Waals surface area (Å²) in [6.07, 6.45) is 6.79. The molecule has 3 nitrogen and oxygen atoms in total. The summed E-state index contributed by atoms with van der Waals surface area (Å²) < 4.78 is 13.2. The SMILES string of the molecule is Brc1c2c(c(CC3CCN3)c3c1OCCC3)OCCC2. The van der Waals surface area contributed by atoms with E-state index in [4.69, 9.17) is 9.47 Å². The summed E-state index contributed by atoms with van der Waals surface area (Å²) in [7, 11) is 0. The highest BCUT2D eigenvalue weighted by molar-refractivity contribution is 9.10. The van der Waals surface area contributed by atoms with Crippen LogP contribution in [-0.2, 0) is 19.3 Å². The van der Waals surface area contributed by atoms with Crippen LogP contribution in [0.5, 0.6) is 11.5 Å². The molecule has 20 heavy (non-hydrogen) atoms. The Morgan fingerprint density at radius 1 is 1.05 bits per heavy atom. The van der Waals surface area contributed by atoms with Gasteiger partial charge in [0, 0.05) is 22.7 Å². The molecule has 1 saturated heterocycles. The lowest BCUT2D eigenvalue weighted by molar-refractivity contribution is 0.263. The number of hydrogen-bond donors (Lipinski definition) is 1. The average molecular weight is 338 g/mol. The fraction of sp³-hybridized carbons (Fsp3) is 0.625. The molecule has 0 amide bonds. The van der Waals surface area contributed by atoms with E-state index in [-0.39, 0.29) is 0 Å². The molecular weight excluding hydrogens is 318 g/mol. The zero-order valence-corrected chi connectivity index (χ0v) is 13.2. The molecule has 1 atom stereocenters. The Kier molecular flexibility index (Phi) is 3.39. The first kappa shape index (κ1) is 13.0. The third-order valence-corrected chi connectivity index (χ3v) is 5.50. The van der Waals surface area contributed by atoms with E-state index in [1.807, 2.05) is 0 Å². The van der Waals surface area contributed by atoms with Gasteiger partial charge in [-0.1, -0.05) is 0 Å². The van der Waals surface area contributed by atoms with Crippen molar-refractivity contribution in [2.24, 2.45) is 0 Å². The lowest BCUT2D eigenvalue weighted by Gasteiger charge is -2.33. The zero-order valence-electron chi connectivity index (χ0n) is 11.6. The van der Waals surface area contributed by atoms with E-state index >= 15 is 0 Å². The molecule has 0 spiro atoms. The van der Waals surface area contributed by atoms with Crippen LogP contribution in [0.1, 0.15) is 36.0 Å². The lowest BCUT2D eigenvalue weighted by Crippen LogP contribution is -2.44. The van der Waals surface area contributed by atoms with Gasteiger partial charge in [0.2, 0.25) is 0 Å². The van der Waals surface area contributed by atoms with Crippen LogP contribution in [0.3, 0.4) is 0 Å². The van der Waals surface area contributed by atoms with Crippen LogP contribution in [0.15, 0.2) is 4.47 Å². The first-order valence-electron chi connectivity index (χ1n) is 7.69. The fourth-order valence-electron chi connectivity index (χ4n) is 3.47. The Bertz CT molecular complexity index is 503. The molecule has 0 saturated carbocycles. The van der Waals surface area contributed by atoms with E-state index in [1.165, 1.54) is 23.1 Å². The first-order chi connectivity index (χ1) is 9.84. The van der Waals surface area contributed by atoms with Crippen molar-refractivity contribution in [1.29, 1.82) is 0 Å². The number of fused-ring (bicyclic) bond motifs is 2. The number of nitrogens with one attached hydrogen (secondary N) is 1. The highest BCUT2D eigenvalue weighted by Crippen LogP contribution is 2.46. The Balaban J connectivity index is 1.84. The predicted octanol–water partition coefficient (Wildman–Crippen LogP) is 3.00. The van der Waals surface area contributed by atoms with Gasteiger partial charge in [0.05, 0.1) is 17.7 Å². The van der Waals surface area contributed by atoms with Gasteiger partial charge in [0.1, 0.15) is 11.5 Å². The van der Waals surface area contributed by atoms with Gasteiger partial charge in [-0.25, -0.2) is 0 Å². The van der Waals surface area contributed by atoms with Crippen molar-refractivity contribution in [3.63, 3.8) is 0 Å². The molecule has 108 valence electrons. The second kappa shape index (κ2) is 5.23. The molecule has 1 unspecified atom stereocenters. The number of hydrogen-bond acceptors (Lipinski definition) is 3. The summed E-state index contributed by atoms with van der Waals surface area (Å²) in [5.74, 6) is 2.25. The molecule has 0 aliphatic carbocycles. The molecule has 0 bridgehead atoms. The van der Waals surface area contributed by atoms with Gasteiger partial charge in [0.15, 0.2) is 0 Å². The van der Waals surface area contributed by atoms with Crippen molar-refractivity contribution >= 4 is 15.9 Å². The molecule has 1 aromatic carbocycles. The first-order valence-corrected chi connectivity index (χ1v) is 8.49. The minimum Gasteiger partial charge on any atom is -0.493 e. The van der Waals surface area contributed by atoms with Crippen molar-refractivity contribution in [1.82, 2.24) is 5.32 Å². The Hall–Kier alpha value is -0.740. The minimum atomic E-state index is 0.622. The van der Waals surface area contributed by atoms with E-state index in [0.717, 1.165) is 67.8 Å². The van der Waals surface area contributed by atoms with Crippen LogP contribution in [-0.4, -0.2) is 25.8 Å². The smallest absolute Gasteiger partial charge is 0.137 e. The number of rotatable bonds is 2. The zero-order chi connectivity index (χ0) is 13.5. The largest absolute Gasteiger partial charge is 0.493 e. The Morgan fingerprint density at radius 2 is 1.75 bits per heavy atom. The van der Waals surface area contributed by atoms with Crippen LogP contribution >= 0.6 is 15.9 Å². The lowest BCUT2D eigenvalue weighted by atomic mass is 9.88. The summed E-state index contributed by atoms with van der Waals surface area (Å²) in [4.78, 5) is 0. The van der Waals surface area contributed by atoms with Crippen molar-refractivity contribution in [3.05, 3.63) is 21.2 Å². The normalized spacial score (nSPS) is 23.9. The molecule has 3 aliphatic rings. The van der Waals surface area contributed by atoms with Crippen LogP contribution in [0.4, 0.5) is 0 Å². The van der Waals surface area contributed by atoms with Crippen LogP contribution in [0, 0.1) is 0 Å². The van der Waals surface area contributed by atoms with Gasteiger partial charge < -0.3 is 14.8 Å². The number of ether oxygens (including phenoxy) is 2. The van der Waals surface area contributed by atoms with Crippen LogP contribution < -0.4 is 14.8 Å². The van der Waals surface area contributed by atoms with Crippen molar-refractivity contribution in [2.45, 2.75) is 44.6 Å². The molecule has 0 radical (unpaired) electrons. The predicted molar refractivity (Wildman–Crippen MR) is 81.9 cm³/mol. The van der Waals surface area contributed by atoms with Crippen molar-refractivity contribution in [3.8, 4) is 11.5 Å². The Morgan fingerprint density at radius 3 is 2.45 bits per heavy atom. The number of halogens is 1. The second-order valence-corrected chi connectivity index (χ2v) is 6.75. The van der Waals surface area contributed by atoms with Gasteiger partial charge in [-0.05, 0) is 61.0 Å². The van der Waals surface area contributed by atoms with E-state index in [1.54, 1.807) is 0 Å². The molecule has 4 heteroatoms. The van der Waals surface area contributed by atoms with Crippen LogP contribution in [0.25, 0.3) is 0 Å². The van der Waals surface area contributed by atoms with Gasteiger partial charge in [-0.15, -0.1) is 0 Å². The topological polar surface area (TPSA) is 30.5 Å². The average Bonchev–Trinajstić information content (AvgIpc) is 2.45. The van der Waals surface area contributed by atoms with Crippen molar-refractivity contribution in [2.75, 3.05) is 19.8 Å². The van der Waals surface area contributed by atoms with Gasteiger partial charge in [0.25, 0.3) is 0 Å². The third kappa shape index (κ3) is 2.04. The maximum absolute atomic E-state index is 6.06. The standard InChI is InChI=1S/C16H20BrNO2/c17-14-12-4-2-7-19-15(12)13(9-10-5-6-18-10)11-3-1-8-20-16(11)14/h10,18H,1-9H2. The monoisotopic (exact) mass is 337 g/mol. The molecule has 0 aromatic heterocycles. The highest BCUT2D eigenvalue weighted by Gasteiger charge is 2.30. The molecular formula is C16H20BrNO2. The summed E-state index contributed by atoms with van der Waals surface area (Å²) in [5.41, 5.74) is 4.12. The fourth-order valence-corrected chi connectivity index (χ4v) is 4.20. The second-order valence-electron chi connectivity index (χ2n) is 5.96. The molecule has 3 heterocycles. The maximum Gasteiger partial charge on any atom is 0.137 e. The number of benzene rings is 1. The molecule has 1 fully saturated rings. The molecule has 4 rings (SSSR count). The third-order valence-electron chi connectivity index (χ3n) is 4.66. The quantitative estimate of drug-likeness (QED) is 0.899. The summed E-state index contributed by atoms with van der Waals surface area (Å²) in [5, 5.41) is 3.51. The molecule has 1 aromatic rings. The van der Waals surface area contributed by atoms with E-state index in [0.29, 0.717) is 6.04 Å². The minimum absolute atomic E-state index is 0.622.